The monoisotopic (exact) mass is 321 g/mol. The van der Waals surface area contributed by atoms with Crippen molar-refractivity contribution >= 4 is 24.1 Å². The molecular formula is C17H20ClNO3. The van der Waals surface area contributed by atoms with Crippen molar-refractivity contribution < 1.29 is 14.6 Å². The first-order valence-corrected chi connectivity index (χ1v) is 6.95. The summed E-state index contributed by atoms with van der Waals surface area (Å²) < 4.78 is 5.34. The van der Waals surface area contributed by atoms with Gasteiger partial charge in [-0.2, -0.15) is 0 Å². The summed E-state index contributed by atoms with van der Waals surface area (Å²) in [7, 11) is 0. The molecular weight excluding hydrogens is 302 g/mol. The maximum atomic E-state index is 10.6. The minimum atomic E-state index is -0.972. The Kier molecular flexibility index (Phi) is 7.26. The van der Waals surface area contributed by atoms with Crippen molar-refractivity contribution in [3.63, 3.8) is 0 Å². The topological polar surface area (TPSA) is 58.6 Å². The van der Waals surface area contributed by atoms with Crippen LogP contribution in [0.25, 0.3) is 0 Å². The number of hydrogen-bond donors (Lipinski definition) is 2. The molecule has 0 aromatic heterocycles. The smallest absolute Gasteiger partial charge is 0.341 e. The Hall–Kier alpha value is -2.20. The molecule has 0 unspecified atom stereocenters. The molecule has 4 nitrogen and oxygen atoms in total. The third-order valence-electron chi connectivity index (χ3n) is 3.16. The Morgan fingerprint density at radius 3 is 2.50 bits per heavy atom. The molecule has 2 aromatic carbocycles. The Morgan fingerprint density at radius 2 is 1.86 bits per heavy atom. The highest BCUT2D eigenvalue weighted by Crippen LogP contribution is 2.27. The molecule has 0 atom stereocenters. The number of ether oxygens (including phenoxy) is 1. The van der Waals surface area contributed by atoms with Crippen LogP contribution in [0, 0.1) is 0 Å². The number of nitrogens with one attached hydrogen (secondary N) is 1. The second-order valence-electron chi connectivity index (χ2n) is 4.66. The largest absolute Gasteiger partial charge is 0.482 e. The molecule has 2 N–H and O–H groups in total. The first-order chi connectivity index (χ1) is 10.2. The molecule has 2 rings (SSSR count). The number of carboxylic acids is 1. The van der Waals surface area contributed by atoms with Gasteiger partial charge in [-0.15, -0.1) is 12.4 Å². The third kappa shape index (κ3) is 4.97. The van der Waals surface area contributed by atoms with Crippen molar-refractivity contribution in [2.45, 2.75) is 19.9 Å². The lowest BCUT2D eigenvalue weighted by atomic mass is 10.1. The van der Waals surface area contributed by atoms with E-state index in [4.69, 9.17) is 9.84 Å². The molecule has 0 saturated heterocycles. The van der Waals surface area contributed by atoms with Crippen LogP contribution in [0.5, 0.6) is 5.75 Å². The number of aliphatic carboxylic acids is 1. The van der Waals surface area contributed by atoms with E-state index in [-0.39, 0.29) is 19.0 Å². The van der Waals surface area contributed by atoms with E-state index < -0.39 is 5.97 Å². The van der Waals surface area contributed by atoms with Crippen molar-refractivity contribution in [1.82, 2.24) is 0 Å². The number of carbonyl (C=O) groups is 1. The average molecular weight is 322 g/mol. The van der Waals surface area contributed by atoms with Crippen molar-refractivity contribution in [3.8, 4) is 5.75 Å². The zero-order valence-corrected chi connectivity index (χ0v) is 13.2. The van der Waals surface area contributed by atoms with Crippen LogP contribution in [0.1, 0.15) is 18.1 Å². The fourth-order valence-electron chi connectivity index (χ4n) is 2.16. The Morgan fingerprint density at radius 1 is 1.14 bits per heavy atom. The van der Waals surface area contributed by atoms with Gasteiger partial charge in [0.1, 0.15) is 5.75 Å². The van der Waals surface area contributed by atoms with Gasteiger partial charge in [-0.25, -0.2) is 4.79 Å². The first kappa shape index (κ1) is 17.9. The van der Waals surface area contributed by atoms with Crippen LogP contribution in [0.2, 0.25) is 0 Å². The average Bonchev–Trinajstić information content (AvgIpc) is 2.51. The fourth-order valence-corrected chi connectivity index (χ4v) is 2.16. The van der Waals surface area contributed by atoms with Crippen molar-refractivity contribution in [1.29, 1.82) is 0 Å². The van der Waals surface area contributed by atoms with Gasteiger partial charge in [-0.05, 0) is 24.1 Å². The molecule has 22 heavy (non-hydrogen) atoms. The zero-order chi connectivity index (χ0) is 15.1. The quantitative estimate of drug-likeness (QED) is 0.815. The summed E-state index contributed by atoms with van der Waals surface area (Å²) in [6, 6.07) is 15.8. The highest BCUT2D eigenvalue weighted by Gasteiger charge is 2.09. The van der Waals surface area contributed by atoms with Crippen LogP contribution >= 0.6 is 12.4 Å². The molecule has 0 fully saturated rings. The number of carboxylic acid groups (broad SMARTS) is 1. The van der Waals surface area contributed by atoms with Gasteiger partial charge >= 0.3 is 5.97 Å². The van der Waals surface area contributed by atoms with E-state index in [1.807, 2.05) is 37.3 Å². The van der Waals surface area contributed by atoms with Gasteiger partial charge in [0.2, 0.25) is 0 Å². The van der Waals surface area contributed by atoms with E-state index in [0.29, 0.717) is 5.75 Å². The lowest BCUT2D eigenvalue weighted by Crippen LogP contribution is -2.11. The van der Waals surface area contributed by atoms with E-state index in [1.54, 1.807) is 6.07 Å². The summed E-state index contributed by atoms with van der Waals surface area (Å²) in [4.78, 5) is 10.6. The molecule has 0 heterocycles. The standard InChI is InChI=1S/C17H19NO3.ClH/c1-2-14-15(18-11-13-7-4-3-5-8-13)9-6-10-16(14)21-12-17(19)20;/h3-10,18H,2,11-12H2,1H3,(H,19,20);1H. The minimum absolute atomic E-state index is 0. The second-order valence-corrected chi connectivity index (χ2v) is 4.66. The fraction of sp³-hybridized carbons (Fsp3) is 0.235. The SMILES string of the molecule is CCc1c(NCc2ccccc2)cccc1OCC(=O)O.Cl. The molecule has 5 heteroatoms. The molecule has 0 aliphatic rings. The van der Waals surface area contributed by atoms with Crippen LogP contribution in [-0.4, -0.2) is 17.7 Å². The molecule has 0 spiro atoms. The highest BCUT2D eigenvalue weighted by atomic mass is 35.5. The van der Waals surface area contributed by atoms with Gasteiger partial charge in [0.05, 0.1) is 0 Å². The summed E-state index contributed by atoms with van der Waals surface area (Å²) in [5.74, 6) is -0.349. The van der Waals surface area contributed by atoms with E-state index in [1.165, 1.54) is 5.56 Å². The lowest BCUT2D eigenvalue weighted by molar-refractivity contribution is -0.139. The van der Waals surface area contributed by atoms with Crippen molar-refractivity contribution in [3.05, 3.63) is 59.7 Å². The maximum absolute atomic E-state index is 10.6. The van der Waals surface area contributed by atoms with Crippen LogP contribution < -0.4 is 10.1 Å². The first-order valence-electron chi connectivity index (χ1n) is 6.95. The summed E-state index contributed by atoms with van der Waals surface area (Å²) >= 11 is 0. The predicted molar refractivity (Wildman–Crippen MR) is 90.0 cm³/mol. The molecule has 0 saturated carbocycles. The molecule has 118 valence electrons. The van der Waals surface area contributed by atoms with Gasteiger partial charge in [0, 0.05) is 17.8 Å². The number of halogens is 1. The predicted octanol–water partition coefficient (Wildman–Crippen LogP) is 3.75. The van der Waals surface area contributed by atoms with Crippen LogP contribution in [0.4, 0.5) is 5.69 Å². The zero-order valence-electron chi connectivity index (χ0n) is 12.4. The van der Waals surface area contributed by atoms with E-state index in [2.05, 4.69) is 17.4 Å². The van der Waals surface area contributed by atoms with Gasteiger partial charge in [0.15, 0.2) is 6.61 Å². The van der Waals surface area contributed by atoms with Gasteiger partial charge in [-0.1, -0.05) is 43.3 Å². The molecule has 2 aromatic rings. The Labute approximate surface area is 136 Å². The lowest BCUT2D eigenvalue weighted by Gasteiger charge is -2.15. The highest BCUT2D eigenvalue weighted by molar-refractivity contribution is 5.85. The number of anilines is 1. The summed E-state index contributed by atoms with van der Waals surface area (Å²) in [5, 5.41) is 12.1. The summed E-state index contributed by atoms with van der Waals surface area (Å²) in [6.45, 7) is 2.42. The van der Waals surface area contributed by atoms with Gasteiger partial charge in [0.25, 0.3) is 0 Å². The third-order valence-corrected chi connectivity index (χ3v) is 3.16. The molecule has 0 bridgehead atoms. The Balaban J connectivity index is 0.00000242. The second kappa shape index (κ2) is 8.95. The van der Waals surface area contributed by atoms with Crippen molar-refractivity contribution in [2.75, 3.05) is 11.9 Å². The van der Waals surface area contributed by atoms with Gasteiger partial charge < -0.3 is 15.2 Å². The maximum Gasteiger partial charge on any atom is 0.341 e. The van der Waals surface area contributed by atoms with Crippen molar-refractivity contribution in [2.24, 2.45) is 0 Å². The molecule has 0 aliphatic heterocycles. The normalized spacial score (nSPS) is 9.68. The van der Waals surface area contributed by atoms with Crippen LogP contribution in [-0.2, 0) is 17.8 Å². The minimum Gasteiger partial charge on any atom is -0.482 e. The summed E-state index contributed by atoms with van der Waals surface area (Å²) in [6.07, 6.45) is 0.771. The van der Waals surface area contributed by atoms with Gasteiger partial charge in [-0.3, -0.25) is 0 Å². The molecule has 0 amide bonds. The van der Waals surface area contributed by atoms with Crippen LogP contribution in [0.15, 0.2) is 48.5 Å². The number of benzene rings is 2. The number of rotatable bonds is 7. The number of hydrogen-bond acceptors (Lipinski definition) is 3. The molecule has 0 radical (unpaired) electrons. The summed E-state index contributed by atoms with van der Waals surface area (Å²) in [5.41, 5.74) is 3.16. The van der Waals surface area contributed by atoms with E-state index in [0.717, 1.165) is 24.2 Å². The Bertz CT molecular complexity index is 602. The van der Waals surface area contributed by atoms with Crippen LogP contribution in [0.3, 0.4) is 0 Å². The van der Waals surface area contributed by atoms with E-state index >= 15 is 0 Å². The molecule has 0 aliphatic carbocycles. The van der Waals surface area contributed by atoms with E-state index in [9.17, 15) is 4.79 Å².